The molecule has 0 spiro atoms. The van der Waals surface area contributed by atoms with Crippen molar-refractivity contribution in [3.8, 4) is 111 Å². The molecule has 334 valence electrons. The molecule has 11 aromatic carbocycles. The molecule has 0 aliphatic heterocycles. The van der Waals surface area contributed by atoms with E-state index in [4.69, 9.17) is 0 Å². The summed E-state index contributed by atoms with van der Waals surface area (Å²) in [4.78, 5) is 0. The molecule has 0 unspecified atom stereocenters. The minimum Gasteiger partial charge on any atom is -0.0614 e. The Kier molecular flexibility index (Phi) is 11.6. The molecule has 0 saturated carbocycles. The minimum absolute atomic E-state index is 1.17. The van der Waals surface area contributed by atoms with E-state index in [0.717, 1.165) is 0 Å². The fourth-order valence-corrected chi connectivity index (χ4v) is 9.81. The number of benzene rings is 11. The van der Waals surface area contributed by atoms with Crippen molar-refractivity contribution in [2.75, 3.05) is 0 Å². The van der Waals surface area contributed by atoms with E-state index in [-0.39, 0.29) is 0 Å². The lowest BCUT2D eigenvalue weighted by Gasteiger charge is -2.10. The molecule has 0 nitrogen and oxygen atoms in total. The first-order chi connectivity index (χ1) is 35.0. The number of hydrogen-bond acceptors (Lipinski definition) is 0. The first kappa shape index (κ1) is 43.2. The maximum absolute atomic E-state index is 2.23. The fraction of sp³-hybridized carbons (Fsp3) is 0.0141. The molecular weight excluding hydrogens is 853 g/mol. The zero-order valence-electron chi connectivity index (χ0n) is 39.6. The quantitative estimate of drug-likeness (QED) is 0.142. The zero-order valence-corrected chi connectivity index (χ0v) is 39.6. The Morgan fingerprint density at radius 3 is 0.437 bits per heavy atom. The van der Waals surface area contributed by atoms with Crippen LogP contribution in [0.5, 0.6) is 0 Å². The molecule has 0 radical (unpaired) electrons. The third-order valence-electron chi connectivity index (χ3n) is 14.2. The largest absolute Gasteiger partial charge is 0.0614 e. The van der Waals surface area contributed by atoms with Crippen molar-refractivity contribution in [1.82, 2.24) is 0 Å². The standard InChI is InChI=1S/C71H50/c1-49-3-2-4-50-5-7-52(8-6-50)54-13-15-56(16-14-54)58-21-23-60(24-22-58)62-29-31-64(32-30-62)66-37-39-68(40-38-66)70-45-47-71(48-46-70)69-43-41-67(42-44-69)65-35-33-63(34-36-65)61-27-25-59(26-28-61)57-19-17-55(18-20-57)53-11-9-51(49)10-12-53/h2-48H,1H3/b3-2?,4-2-,49-3+,50-4?,51-49?,54-52?,55-53?,58-56?,59-57?,62-60?,63-61?,66-64?,67-65?,70-68?,71-69?. The number of rotatable bonds is 0. The summed E-state index contributed by atoms with van der Waals surface area (Å²) in [6.07, 6.45) is 6.51. The predicted octanol–water partition coefficient (Wildman–Crippen LogP) is 19.8. The first-order valence-corrected chi connectivity index (χ1v) is 24.5. The Morgan fingerprint density at radius 1 is 0.155 bits per heavy atom. The molecule has 0 aromatic heterocycles. The van der Waals surface area contributed by atoms with Crippen LogP contribution >= 0.6 is 0 Å². The van der Waals surface area contributed by atoms with Gasteiger partial charge in [-0.25, -0.2) is 0 Å². The predicted molar refractivity (Wildman–Crippen MR) is 303 cm³/mol. The van der Waals surface area contributed by atoms with Gasteiger partial charge in [0, 0.05) is 0 Å². The summed E-state index contributed by atoms with van der Waals surface area (Å²) in [6.45, 7) is 2.17. The molecule has 28 rings (SSSR count). The van der Waals surface area contributed by atoms with Crippen LogP contribution in [0, 0.1) is 0 Å². The second kappa shape index (κ2) is 19.1. The van der Waals surface area contributed by atoms with Crippen LogP contribution in [-0.2, 0) is 0 Å². The Bertz CT molecular complexity index is 3650. The monoisotopic (exact) mass is 902 g/mol. The van der Waals surface area contributed by atoms with Crippen LogP contribution in [0.25, 0.3) is 123 Å². The van der Waals surface area contributed by atoms with Crippen LogP contribution in [0.2, 0.25) is 0 Å². The van der Waals surface area contributed by atoms with E-state index >= 15 is 0 Å². The van der Waals surface area contributed by atoms with Crippen molar-refractivity contribution >= 4 is 11.6 Å². The molecule has 71 heavy (non-hydrogen) atoms. The summed E-state index contributed by atoms with van der Waals surface area (Å²) in [7, 11) is 0. The smallest absolute Gasteiger partial charge is 0.0184 e. The lowest BCUT2D eigenvalue weighted by Crippen LogP contribution is -1.85. The molecule has 0 heteroatoms. The van der Waals surface area contributed by atoms with Crippen molar-refractivity contribution in [3.05, 3.63) is 290 Å². The van der Waals surface area contributed by atoms with Crippen LogP contribution in [-0.4, -0.2) is 0 Å². The highest BCUT2D eigenvalue weighted by Crippen LogP contribution is 2.34. The third-order valence-corrected chi connectivity index (χ3v) is 14.2. The van der Waals surface area contributed by atoms with Crippen LogP contribution in [0.1, 0.15) is 18.1 Å². The van der Waals surface area contributed by atoms with Gasteiger partial charge in [-0.05, 0) is 135 Å². The number of fused-ring (bicyclic) bond motifs is 1. The number of allylic oxidation sites excluding steroid dienone is 3. The maximum Gasteiger partial charge on any atom is -0.0184 e. The second-order valence-electron chi connectivity index (χ2n) is 18.6. The molecule has 17 aliphatic carbocycles. The summed E-state index contributed by atoms with van der Waals surface area (Å²) >= 11 is 0. The van der Waals surface area contributed by atoms with E-state index < -0.39 is 0 Å². The highest BCUT2D eigenvalue weighted by atomic mass is 14.1. The highest BCUT2D eigenvalue weighted by molar-refractivity contribution is 5.80. The average molecular weight is 903 g/mol. The van der Waals surface area contributed by atoms with E-state index in [2.05, 4.69) is 292 Å². The molecule has 0 fully saturated rings. The van der Waals surface area contributed by atoms with Gasteiger partial charge < -0.3 is 0 Å². The van der Waals surface area contributed by atoms with Crippen molar-refractivity contribution in [2.24, 2.45) is 0 Å². The zero-order chi connectivity index (χ0) is 47.5. The van der Waals surface area contributed by atoms with Crippen LogP contribution in [0.4, 0.5) is 0 Å². The van der Waals surface area contributed by atoms with Crippen LogP contribution < -0.4 is 0 Å². The molecule has 0 amide bonds. The number of hydrogen-bond donors (Lipinski definition) is 0. The minimum atomic E-state index is 1.17. The molecular formula is C71H50. The molecule has 11 aromatic rings. The highest BCUT2D eigenvalue weighted by Gasteiger charge is 2.09. The van der Waals surface area contributed by atoms with Gasteiger partial charge in [-0.1, -0.05) is 285 Å². The van der Waals surface area contributed by atoms with Crippen molar-refractivity contribution in [2.45, 2.75) is 6.92 Å². The van der Waals surface area contributed by atoms with Gasteiger partial charge in [0.25, 0.3) is 0 Å². The van der Waals surface area contributed by atoms with E-state index in [9.17, 15) is 0 Å². The maximum atomic E-state index is 2.23. The summed E-state index contributed by atoms with van der Waals surface area (Å²) in [5.74, 6) is 0. The van der Waals surface area contributed by atoms with Crippen molar-refractivity contribution in [1.29, 1.82) is 0 Å². The van der Waals surface area contributed by atoms with E-state index in [1.54, 1.807) is 0 Å². The van der Waals surface area contributed by atoms with Gasteiger partial charge in [-0.15, -0.1) is 0 Å². The van der Waals surface area contributed by atoms with Crippen LogP contribution in [0.15, 0.2) is 279 Å². The van der Waals surface area contributed by atoms with Gasteiger partial charge in [0.1, 0.15) is 0 Å². The summed E-state index contributed by atoms with van der Waals surface area (Å²) in [5.41, 5.74) is 27.8. The summed E-state index contributed by atoms with van der Waals surface area (Å²) in [6, 6.07) is 97.9. The lowest BCUT2D eigenvalue weighted by atomic mass is 9.95. The molecule has 0 saturated heterocycles. The van der Waals surface area contributed by atoms with Gasteiger partial charge in [0.05, 0.1) is 0 Å². The molecule has 0 atom stereocenters. The molecule has 22 bridgehead atoms. The fourth-order valence-electron chi connectivity index (χ4n) is 9.81. The van der Waals surface area contributed by atoms with Gasteiger partial charge in [0.15, 0.2) is 0 Å². The Morgan fingerprint density at radius 2 is 0.282 bits per heavy atom. The second-order valence-corrected chi connectivity index (χ2v) is 18.6. The molecule has 0 N–H and O–H groups in total. The van der Waals surface area contributed by atoms with E-state index in [1.807, 2.05) is 0 Å². The van der Waals surface area contributed by atoms with Gasteiger partial charge >= 0.3 is 0 Å². The van der Waals surface area contributed by atoms with Gasteiger partial charge in [-0.3, -0.25) is 0 Å². The normalized spacial score (nSPS) is 12.9. The Labute approximate surface area is 417 Å². The topological polar surface area (TPSA) is 0 Å². The lowest BCUT2D eigenvalue weighted by molar-refractivity contribution is 1.54. The summed E-state index contributed by atoms with van der Waals surface area (Å²) < 4.78 is 0. The van der Waals surface area contributed by atoms with Gasteiger partial charge in [-0.2, -0.15) is 0 Å². The van der Waals surface area contributed by atoms with E-state index in [1.165, 1.54) is 128 Å². The van der Waals surface area contributed by atoms with Crippen molar-refractivity contribution in [3.63, 3.8) is 0 Å². The first-order valence-electron chi connectivity index (χ1n) is 24.5. The molecule has 0 heterocycles. The Hall–Kier alpha value is -9.10. The van der Waals surface area contributed by atoms with Gasteiger partial charge in [0.2, 0.25) is 0 Å². The SMILES string of the molecule is C/C1=C\C=C/c2ccc(cc2)-c2ccc(cc2)-c2ccc(cc2)-c2ccc(cc2)-c2ccc(cc2)-c2ccc(cc2)-c2ccc(cc2)-c2ccc(cc2)-c2ccc(cc2)-c2ccc(cc2)-c2ccc1cc2. The molecule has 17 aliphatic rings. The average Bonchev–Trinajstić information content (AvgIpc) is 3.45. The Balaban J connectivity index is 0.806. The van der Waals surface area contributed by atoms with Crippen LogP contribution in [0.3, 0.4) is 0 Å². The third kappa shape index (κ3) is 9.28. The van der Waals surface area contributed by atoms with Crippen molar-refractivity contribution < 1.29 is 0 Å². The summed E-state index contributed by atoms with van der Waals surface area (Å²) in [5, 5.41) is 0. The van der Waals surface area contributed by atoms with E-state index in [0.29, 0.717) is 0 Å².